The molecule has 1 aliphatic rings. The Balaban J connectivity index is 1.53. The van der Waals surface area contributed by atoms with E-state index in [0.717, 1.165) is 5.56 Å². The van der Waals surface area contributed by atoms with E-state index in [9.17, 15) is 18.0 Å². The number of carbonyl (C=O) groups is 2. The molecule has 0 spiro atoms. The van der Waals surface area contributed by atoms with Crippen LogP contribution in [0.2, 0.25) is 0 Å². The summed E-state index contributed by atoms with van der Waals surface area (Å²) in [5.74, 6) is 0.392. The molecule has 3 rings (SSSR count). The predicted molar refractivity (Wildman–Crippen MR) is 117 cm³/mol. The van der Waals surface area contributed by atoms with Crippen molar-refractivity contribution in [3.63, 3.8) is 0 Å². The Labute approximate surface area is 182 Å². The quantitative estimate of drug-likeness (QED) is 0.680. The standard InChI is InChI=1S/C22H27N3O5S/c1-16(26)23-18-6-8-21(9-7-18)31(28,29)25-12-10-19(11-13-25)24-22(27)15-17-4-3-5-20(14-17)30-2/h3-9,14,19H,10-13,15H2,1-2H3,(H,23,26)(H,24,27). The average molecular weight is 446 g/mol. The number of hydrogen-bond donors (Lipinski definition) is 2. The van der Waals surface area contributed by atoms with Gasteiger partial charge in [-0.25, -0.2) is 8.42 Å². The summed E-state index contributed by atoms with van der Waals surface area (Å²) in [6, 6.07) is 13.4. The zero-order chi connectivity index (χ0) is 22.4. The summed E-state index contributed by atoms with van der Waals surface area (Å²) in [5.41, 5.74) is 1.41. The molecule has 2 aromatic carbocycles. The van der Waals surface area contributed by atoms with Gasteiger partial charge in [0, 0.05) is 31.7 Å². The number of nitrogens with one attached hydrogen (secondary N) is 2. The molecular formula is C22H27N3O5S. The highest BCUT2D eigenvalue weighted by Gasteiger charge is 2.30. The van der Waals surface area contributed by atoms with Crippen molar-refractivity contribution in [1.29, 1.82) is 0 Å². The number of piperidine rings is 1. The summed E-state index contributed by atoms with van der Waals surface area (Å²) >= 11 is 0. The molecule has 0 bridgehead atoms. The lowest BCUT2D eigenvalue weighted by Gasteiger charge is -2.31. The van der Waals surface area contributed by atoms with Gasteiger partial charge in [-0.1, -0.05) is 12.1 Å². The Morgan fingerprint density at radius 2 is 1.77 bits per heavy atom. The minimum atomic E-state index is -3.62. The number of anilines is 1. The smallest absolute Gasteiger partial charge is 0.243 e. The number of carbonyl (C=O) groups excluding carboxylic acids is 2. The molecule has 0 radical (unpaired) electrons. The molecule has 8 nitrogen and oxygen atoms in total. The van der Waals surface area contributed by atoms with E-state index in [-0.39, 0.29) is 29.2 Å². The van der Waals surface area contributed by atoms with E-state index >= 15 is 0 Å². The van der Waals surface area contributed by atoms with Gasteiger partial charge in [-0.15, -0.1) is 0 Å². The van der Waals surface area contributed by atoms with Crippen LogP contribution in [-0.2, 0) is 26.0 Å². The van der Waals surface area contributed by atoms with Crippen molar-refractivity contribution < 1.29 is 22.7 Å². The van der Waals surface area contributed by atoms with Gasteiger partial charge in [-0.05, 0) is 54.8 Å². The van der Waals surface area contributed by atoms with E-state index in [1.54, 1.807) is 19.2 Å². The molecule has 1 saturated heterocycles. The number of amides is 2. The number of nitrogens with zero attached hydrogens (tertiary/aromatic N) is 1. The molecule has 2 aromatic rings. The van der Waals surface area contributed by atoms with Crippen LogP contribution in [0.25, 0.3) is 0 Å². The zero-order valence-electron chi connectivity index (χ0n) is 17.6. The Bertz CT molecular complexity index is 1030. The summed E-state index contributed by atoms with van der Waals surface area (Å²) < 4.78 is 32.4. The van der Waals surface area contributed by atoms with Crippen LogP contribution in [-0.4, -0.2) is 50.8 Å². The number of methoxy groups -OCH3 is 1. The van der Waals surface area contributed by atoms with Gasteiger partial charge < -0.3 is 15.4 Å². The van der Waals surface area contributed by atoms with E-state index < -0.39 is 10.0 Å². The van der Waals surface area contributed by atoms with E-state index in [0.29, 0.717) is 37.4 Å². The highest BCUT2D eigenvalue weighted by Crippen LogP contribution is 2.22. The molecule has 2 N–H and O–H groups in total. The first-order chi connectivity index (χ1) is 14.8. The molecule has 0 aliphatic carbocycles. The third kappa shape index (κ3) is 6.05. The third-order valence-corrected chi connectivity index (χ3v) is 7.04. The van der Waals surface area contributed by atoms with Crippen molar-refractivity contribution in [3.05, 3.63) is 54.1 Å². The van der Waals surface area contributed by atoms with Crippen LogP contribution in [0.1, 0.15) is 25.3 Å². The highest BCUT2D eigenvalue weighted by atomic mass is 32.2. The van der Waals surface area contributed by atoms with Crippen LogP contribution in [0.15, 0.2) is 53.4 Å². The molecule has 1 heterocycles. The van der Waals surface area contributed by atoms with Gasteiger partial charge >= 0.3 is 0 Å². The second kappa shape index (κ2) is 9.93. The molecule has 0 unspecified atom stereocenters. The van der Waals surface area contributed by atoms with E-state index in [2.05, 4.69) is 10.6 Å². The minimum absolute atomic E-state index is 0.0632. The van der Waals surface area contributed by atoms with Gasteiger partial charge in [-0.3, -0.25) is 9.59 Å². The molecule has 1 aliphatic heterocycles. The van der Waals surface area contributed by atoms with Crippen LogP contribution in [0.3, 0.4) is 0 Å². The first-order valence-corrected chi connectivity index (χ1v) is 11.5. The van der Waals surface area contributed by atoms with Crippen molar-refractivity contribution in [3.8, 4) is 5.75 Å². The molecule has 1 fully saturated rings. The Morgan fingerprint density at radius 3 is 2.39 bits per heavy atom. The van der Waals surface area contributed by atoms with Gasteiger partial charge in [0.05, 0.1) is 18.4 Å². The number of sulfonamides is 1. The maximum Gasteiger partial charge on any atom is 0.243 e. The Hall–Kier alpha value is -2.91. The van der Waals surface area contributed by atoms with E-state index in [1.165, 1.54) is 23.4 Å². The van der Waals surface area contributed by atoms with Crippen molar-refractivity contribution >= 4 is 27.5 Å². The number of rotatable bonds is 7. The first-order valence-electron chi connectivity index (χ1n) is 10.1. The lowest BCUT2D eigenvalue weighted by Crippen LogP contribution is -2.46. The van der Waals surface area contributed by atoms with Crippen LogP contribution in [0, 0.1) is 0 Å². The average Bonchev–Trinajstić information content (AvgIpc) is 2.74. The maximum absolute atomic E-state index is 12.9. The van der Waals surface area contributed by atoms with Crippen molar-refractivity contribution in [2.24, 2.45) is 0 Å². The SMILES string of the molecule is COc1cccc(CC(=O)NC2CCN(S(=O)(=O)c3ccc(NC(C)=O)cc3)CC2)c1. The zero-order valence-corrected chi connectivity index (χ0v) is 18.4. The lowest BCUT2D eigenvalue weighted by molar-refractivity contribution is -0.121. The molecular weight excluding hydrogens is 418 g/mol. The van der Waals surface area contributed by atoms with E-state index in [1.807, 2.05) is 24.3 Å². The lowest BCUT2D eigenvalue weighted by atomic mass is 10.1. The molecule has 0 saturated carbocycles. The van der Waals surface area contributed by atoms with Gasteiger partial charge in [0.15, 0.2) is 0 Å². The van der Waals surface area contributed by atoms with Gasteiger partial charge in [0.1, 0.15) is 5.75 Å². The van der Waals surface area contributed by atoms with E-state index in [4.69, 9.17) is 4.74 Å². The second-order valence-electron chi connectivity index (χ2n) is 7.48. The number of benzene rings is 2. The second-order valence-corrected chi connectivity index (χ2v) is 9.42. The monoisotopic (exact) mass is 445 g/mol. The third-order valence-electron chi connectivity index (χ3n) is 5.13. The van der Waals surface area contributed by atoms with Crippen molar-refractivity contribution in [2.45, 2.75) is 37.1 Å². The Kier molecular flexibility index (Phi) is 7.29. The molecule has 0 aromatic heterocycles. The predicted octanol–water partition coefficient (Wildman–Crippen LogP) is 2.17. The van der Waals surface area contributed by atoms with Gasteiger partial charge in [-0.2, -0.15) is 4.31 Å². The largest absolute Gasteiger partial charge is 0.497 e. The van der Waals surface area contributed by atoms with Crippen LogP contribution >= 0.6 is 0 Å². The molecule has 9 heteroatoms. The van der Waals surface area contributed by atoms with Crippen molar-refractivity contribution in [2.75, 3.05) is 25.5 Å². The van der Waals surface area contributed by atoms with Crippen LogP contribution < -0.4 is 15.4 Å². The summed E-state index contributed by atoms with van der Waals surface area (Å²) in [7, 11) is -2.04. The topological polar surface area (TPSA) is 105 Å². The highest BCUT2D eigenvalue weighted by molar-refractivity contribution is 7.89. The fourth-order valence-corrected chi connectivity index (χ4v) is 5.02. The molecule has 166 valence electrons. The maximum atomic E-state index is 12.9. The first kappa shape index (κ1) is 22.8. The normalized spacial score (nSPS) is 15.3. The molecule has 0 atom stereocenters. The van der Waals surface area contributed by atoms with Crippen LogP contribution in [0.4, 0.5) is 5.69 Å². The van der Waals surface area contributed by atoms with Crippen LogP contribution in [0.5, 0.6) is 5.75 Å². The van der Waals surface area contributed by atoms with Gasteiger partial charge in [0.25, 0.3) is 0 Å². The summed E-state index contributed by atoms with van der Waals surface area (Å²) in [5, 5.41) is 5.62. The fourth-order valence-electron chi connectivity index (χ4n) is 3.55. The van der Waals surface area contributed by atoms with Crippen molar-refractivity contribution in [1.82, 2.24) is 9.62 Å². The number of ether oxygens (including phenoxy) is 1. The summed E-state index contributed by atoms with van der Waals surface area (Å²) in [4.78, 5) is 23.7. The molecule has 31 heavy (non-hydrogen) atoms. The van der Waals surface area contributed by atoms with Gasteiger partial charge in [0.2, 0.25) is 21.8 Å². The Morgan fingerprint density at radius 1 is 1.10 bits per heavy atom. The summed E-state index contributed by atoms with van der Waals surface area (Å²) in [6.07, 6.45) is 1.34. The number of hydrogen-bond acceptors (Lipinski definition) is 5. The molecule has 2 amide bonds. The fraction of sp³-hybridized carbons (Fsp3) is 0.364. The summed E-state index contributed by atoms with van der Waals surface area (Å²) in [6.45, 7) is 2.06. The minimum Gasteiger partial charge on any atom is -0.497 e.